The standard InChI is InChI=1S/C13H16N4O3S2/c1-9(21-13-15-14-8-17(13)2)12(18)10-4-6-11(7-5-10)16-22(3,19)20/h4-9,16H,1-3H3/t9-/m1/s1. The molecular weight excluding hydrogens is 324 g/mol. The molecule has 0 radical (unpaired) electrons. The number of hydrogen-bond donors (Lipinski definition) is 1. The van der Waals surface area contributed by atoms with Crippen molar-refractivity contribution in [2.75, 3.05) is 11.0 Å². The Bertz CT molecular complexity index is 769. The quantitative estimate of drug-likeness (QED) is 0.633. The fourth-order valence-electron chi connectivity index (χ4n) is 1.74. The number of thioether (sulfide) groups is 1. The minimum atomic E-state index is -3.32. The summed E-state index contributed by atoms with van der Waals surface area (Å²) < 4.78 is 26.4. The monoisotopic (exact) mass is 340 g/mol. The summed E-state index contributed by atoms with van der Waals surface area (Å²) in [5.74, 6) is -0.0566. The highest BCUT2D eigenvalue weighted by molar-refractivity contribution is 8.00. The van der Waals surface area contributed by atoms with Crippen LogP contribution in [0.2, 0.25) is 0 Å². The third-order valence-electron chi connectivity index (χ3n) is 2.79. The number of aryl methyl sites for hydroxylation is 1. The van der Waals surface area contributed by atoms with Gasteiger partial charge in [0.25, 0.3) is 0 Å². The van der Waals surface area contributed by atoms with Gasteiger partial charge in [0, 0.05) is 18.3 Å². The maximum atomic E-state index is 12.4. The number of carbonyl (C=O) groups is 1. The van der Waals surface area contributed by atoms with Crippen molar-refractivity contribution in [1.82, 2.24) is 14.8 Å². The van der Waals surface area contributed by atoms with Crippen molar-refractivity contribution in [3.8, 4) is 0 Å². The molecule has 1 heterocycles. The molecule has 0 unspecified atom stereocenters. The van der Waals surface area contributed by atoms with Gasteiger partial charge in [0.15, 0.2) is 10.9 Å². The van der Waals surface area contributed by atoms with Gasteiger partial charge in [-0.3, -0.25) is 9.52 Å². The number of hydrogen-bond acceptors (Lipinski definition) is 6. The first kappa shape index (κ1) is 16.5. The second-order valence-electron chi connectivity index (χ2n) is 4.80. The number of sulfonamides is 1. The van der Waals surface area contributed by atoms with E-state index in [9.17, 15) is 13.2 Å². The first-order valence-corrected chi connectivity index (χ1v) is 9.16. The Kier molecular flexibility index (Phi) is 4.87. The maximum absolute atomic E-state index is 12.4. The molecule has 0 aliphatic rings. The van der Waals surface area contributed by atoms with Crippen molar-refractivity contribution in [2.24, 2.45) is 7.05 Å². The largest absolute Gasteiger partial charge is 0.312 e. The summed E-state index contributed by atoms with van der Waals surface area (Å²) >= 11 is 1.32. The van der Waals surface area contributed by atoms with Crippen LogP contribution in [0.1, 0.15) is 17.3 Å². The van der Waals surface area contributed by atoms with Gasteiger partial charge in [-0.1, -0.05) is 11.8 Å². The zero-order chi connectivity index (χ0) is 16.3. The number of carbonyl (C=O) groups excluding carboxylic acids is 1. The van der Waals surface area contributed by atoms with Gasteiger partial charge in [0.2, 0.25) is 10.0 Å². The van der Waals surface area contributed by atoms with E-state index in [1.807, 2.05) is 7.05 Å². The minimum absolute atomic E-state index is 0.0566. The lowest BCUT2D eigenvalue weighted by Crippen LogP contribution is -2.15. The molecule has 0 saturated heterocycles. The first-order chi connectivity index (χ1) is 10.3. The Balaban J connectivity index is 2.07. The predicted octanol–water partition coefficient (Wildman–Crippen LogP) is 1.55. The van der Waals surface area contributed by atoms with Crippen molar-refractivity contribution in [3.63, 3.8) is 0 Å². The van der Waals surface area contributed by atoms with Crippen molar-refractivity contribution in [2.45, 2.75) is 17.3 Å². The summed E-state index contributed by atoms with van der Waals surface area (Å²) in [5, 5.41) is 8.04. The molecule has 1 atom stereocenters. The average Bonchev–Trinajstić information content (AvgIpc) is 2.82. The summed E-state index contributed by atoms with van der Waals surface area (Å²) in [5.41, 5.74) is 0.939. The number of ketones is 1. The van der Waals surface area contributed by atoms with E-state index in [1.54, 1.807) is 42.1 Å². The molecule has 0 spiro atoms. The first-order valence-electron chi connectivity index (χ1n) is 6.39. The van der Waals surface area contributed by atoms with Gasteiger partial charge in [0.1, 0.15) is 6.33 Å². The zero-order valence-corrected chi connectivity index (χ0v) is 14.0. The third-order valence-corrected chi connectivity index (χ3v) is 4.55. The molecule has 0 bridgehead atoms. The highest BCUT2D eigenvalue weighted by atomic mass is 32.2. The van der Waals surface area contributed by atoms with Crippen LogP contribution in [0.3, 0.4) is 0 Å². The fraction of sp³-hybridized carbons (Fsp3) is 0.308. The zero-order valence-electron chi connectivity index (χ0n) is 12.3. The van der Waals surface area contributed by atoms with Gasteiger partial charge in [-0.2, -0.15) is 0 Å². The summed E-state index contributed by atoms with van der Waals surface area (Å²) in [7, 11) is -1.51. The number of nitrogens with zero attached hydrogens (tertiary/aromatic N) is 3. The molecule has 118 valence electrons. The molecule has 9 heteroatoms. The second-order valence-corrected chi connectivity index (χ2v) is 7.86. The van der Waals surface area contributed by atoms with Crippen LogP contribution < -0.4 is 4.72 Å². The van der Waals surface area contributed by atoms with E-state index in [1.165, 1.54) is 11.8 Å². The second kappa shape index (κ2) is 6.49. The third kappa shape index (κ3) is 4.31. The molecule has 1 aromatic carbocycles. The highest BCUT2D eigenvalue weighted by Gasteiger charge is 2.18. The number of anilines is 1. The molecule has 0 amide bonds. The Morgan fingerprint density at radius 1 is 1.32 bits per heavy atom. The van der Waals surface area contributed by atoms with Crippen LogP contribution in [-0.2, 0) is 17.1 Å². The molecular formula is C13H16N4O3S2. The number of nitrogens with one attached hydrogen (secondary N) is 1. The summed E-state index contributed by atoms with van der Waals surface area (Å²) in [6.45, 7) is 1.80. The van der Waals surface area contributed by atoms with E-state index in [0.717, 1.165) is 6.26 Å². The number of benzene rings is 1. The van der Waals surface area contributed by atoms with Crippen LogP contribution in [0.15, 0.2) is 35.7 Å². The van der Waals surface area contributed by atoms with Crippen molar-refractivity contribution < 1.29 is 13.2 Å². The number of rotatable bonds is 6. The van der Waals surface area contributed by atoms with E-state index in [2.05, 4.69) is 14.9 Å². The molecule has 2 aromatic rings. The van der Waals surface area contributed by atoms with E-state index in [4.69, 9.17) is 0 Å². The van der Waals surface area contributed by atoms with Crippen molar-refractivity contribution in [1.29, 1.82) is 0 Å². The molecule has 0 aliphatic heterocycles. The van der Waals surface area contributed by atoms with Gasteiger partial charge in [0.05, 0.1) is 11.5 Å². The van der Waals surface area contributed by atoms with Gasteiger partial charge in [-0.05, 0) is 31.2 Å². The smallest absolute Gasteiger partial charge is 0.229 e. The Morgan fingerprint density at radius 2 is 1.95 bits per heavy atom. The molecule has 1 aromatic heterocycles. The summed E-state index contributed by atoms with van der Waals surface area (Å²) in [6, 6.07) is 6.33. The molecule has 22 heavy (non-hydrogen) atoms. The molecule has 0 fully saturated rings. The normalized spacial score (nSPS) is 12.9. The Labute approximate surface area is 133 Å². The fourth-order valence-corrected chi connectivity index (χ4v) is 3.17. The van der Waals surface area contributed by atoms with Crippen LogP contribution in [0.25, 0.3) is 0 Å². The van der Waals surface area contributed by atoms with Crippen molar-refractivity contribution >= 4 is 33.3 Å². The van der Waals surface area contributed by atoms with Gasteiger partial charge >= 0.3 is 0 Å². The SMILES string of the molecule is C[C@@H](Sc1nncn1C)C(=O)c1ccc(NS(C)(=O)=O)cc1. The van der Waals surface area contributed by atoms with Gasteiger partial charge < -0.3 is 4.57 Å². The molecule has 7 nitrogen and oxygen atoms in total. The summed E-state index contributed by atoms with van der Waals surface area (Å²) in [6.07, 6.45) is 2.65. The van der Waals surface area contributed by atoms with Gasteiger partial charge in [-0.25, -0.2) is 8.42 Å². The summed E-state index contributed by atoms with van der Waals surface area (Å²) in [4.78, 5) is 12.4. The Morgan fingerprint density at radius 3 is 2.45 bits per heavy atom. The molecule has 0 aliphatic carbocycles. The number of aromatic nitrogens is 3. The lowest BCUT2D eigenvalue weighted by molar-refractivity contribution is 0.0994. The van der Waals surface area contributed by atoms with E-state index in [-0.39, 0.29) is 11.0 Å². The highest BCUT2D eigenvalue weighted by Crippen LogP contribution is 2.23. The lowest BCUT2D eigenvalue weighted by atomic mass is 10.1. The van der Waals surface area contributed by atoms with Crippen LogP contribution in [0.5, 0.6) is 0 Å². The van der Waals surface area contributed by atoms with E-state index < -0.39 is 10.0 Å². The van der Waals surface area contributed by atoms with E-state index >= 15 is 0 Å². The van der Waals surface area contributed by atoms with Crippen molar-refractivity contribution in [3.05, 3.63) is 36.2 Å². The van der Waals surface area contributed by atoms with Crippen LogP contribution in [0, 0.1) is 0 Å². The van der Waals surface area contributed by atoms with Crippen LogP contribution >= 0.6 is 11.8 Å². The molecule has 2 rings (SSSR count). The number of Topliss-reactive ketones (excluding diaryl/α,β-unsaturated/α-hetero) is 1. The van der Waals surface area contributed by atoms with Gasteiger partial charge in [-0.15, -0.1) is 10.2 Å². The molecule has 0 saturated carbocycles. The minimum Gasteiger partial charge on any atom is -0.312 e. The van der Waals surface area contributed by atoms with Crippen LogP contribution in [-0.4, -0.2) is 40.5 Å². The van der Waals surface area contributed by atoms with Crippen LogP contribution in [0.4, 0.5) is 5.69 Å². The maximum Gasteiger partial charge on any atom is 0.229 e. The predicted molar refractivity (Wildman–Crippen MR) is 85.6 cm³/mol. The Hall–Kier alpha value is -1.87. The lowest BCUT2D eigenvalue weighted by Gasteiger charge is -2.10. The topological polar surface area (TPSA) is 93.9 Å². The average molecular weight is 340 g/mol. The molecule has 1 N–H and O–H groups in total. The van der Waals surface area contributed by atoms with E-state index in [0.29, 0.717) is 16.4 Å².